The van der Waals surface area contributed by atoms with Gasteiger partial charge in [0.2, 0.25) is 0 Å². The summed E-state index contributed by atoms with van der Waals surface area (Å²) >= 11 is 0. The molecule has 3 heteroatoms. The molecular weight excluding hydrogens is 703 g/mol. The van der Waals surface area contributed by atoms with Crippen LogP contribution < -0.4 is 5.32 Å². The predicted octanol–water partition coefficient (Wildman–Crippen LogP) is 12.5. The zero-order valence-corrected chi connectivity index (χ0v) is 32.5. The second-order valence-corrected chi connectivity index (χ2v) is 16.1. The van der Waals surface area contributed by atoms with Gasteiger partial charge in [0.15, 0.2) is 6.17 Å². The van der Waals surface area contributed by atoms with Gasteiger partial charge in [0.25, 0.3) is 0 Å². The van der Waals surface area contributed by atoms with Crippen LogP contribution >= 0.6 is 0 Å². The highest BCUT2D eigenvalue weighted by atomic mass is 15.2. The smallest absolute Gasteiger partial charge is 0.169 e. The molecule has 0 radical (unpaired) electrons. The SMILES string of the molecule is CC1(C)c2ccccc2C2(c3ccccc3-c3c(-c4ccc(-c5cccc(C6=NC(c7ccccc7)N=C(c7ccccc7)N6)c5)cc4)cccc32)c2ccccc21. The number of rotatable bonds is 5. The van der Waals surface area contributed by atoms with Crippen LogP contribution in [0.25, 0.3) is 33.4 Å². The average molecular weight is 744 g/mol. The number of aliphatic imine (C=N–C) groups is 2. The van der Waals surface area contributed by atoms with Crippen LogP contribution in [0.1, 0.15) is 70.1 Å². The van der Waals surface area contributed by atoms with Gasteiger partial charge in [-0.25, -0.2) is 9.98 Å². The Balaban J connectivity index is 0.995. The van der Waals surface area contributed by atoms with Crippen molar-refractivity contribution >= 4 is 11.7 Å². The summed E-state index contributed by atoms with van der Waals surface area (Å²) in [6, 6.07) is 72.7. The maximum Gasteiger partial charge on any atom is 0.169 e. The number of nitrogens with zero attached hydrogens (tertiary/aromatic N) is 2. The van der Waals surface area contributed by atoms with Crippen molar-refractivity contribution in [2.24, 2.45) is 9.98 Å². The van der Waals surface area contributed by atoms with E-state index < -0.39 is 5.41 Å². The first-order chi connectivity index (χ1) is 28.5. The van der Waals surface area contributed by atoms with Crippen LogP contribution in [0.3, 0.4) is 0 Å². The van der Waals surface area contributed by atoms with E-state index in [1.54, 1.807) is 0 Å². The first-order valence-corrected chi connectivity index (χ1v) is 20.2. The van der Waals surface area contributed by atoms with Crippen LogP contribution in [0.15, 0.2) is 210 Å². The molecule has 3 aliphatic rings. The summed E-state index contributed by atoms with van der Waals surface area (Å²) in [4.78, 5) is 10.2. The zero-order valence-electron chi connectivity index (χ0n) is 32.5. The van der Waals surface area contributed by atoms with Gasteiger partial charge in [0, 0.05) is 16.5 Å². The topological polar surface area (TPSA) is 36.8 Å². The molecule has 1 heterocycles. The van der Waals surface area contributed by atoms with Crippen molar-refractivity contribution in [3.8, 4) is 33.4 Å². The van der Waals surface area contributed by atoms with Crippen molar-refractivity contribution in [2.75, 3.05) is 0 Å². The fourth-order valence-corrected chi connectivity index (χ4v) is 9.95. The van der Waals surface area contributed by atoms with Gasteiger partial charge in [-0.1, -0.05) is 208 Å². The van der Waals surface area contributed by atoms with Crippen molar-refractivity contribution in [3.05, 3.63) is 250 Å². The van der Waals surface area contributed by atoms with E-state index in [9.17, 15) is 0 Å². The molecule has 1 aliphatic heterocycles. The van der Waals surface area contributed by atoms with Crippen LogP contribution in [0.5, 0.6) is 0 Å². The molecule has 58 heavy (non-hydrogen) atoms. The fourth-order valence-electron chi connectivity index (χ4n) is 9.95. The van der Waals surface area contributed by atoms with E-state index >= 15 is 0 Å². The van der Waals surface area contributed by atoms with Gasteiger partial charge in [0.1, 0.15) is 11.7 Å². The van der Waals surface area contributed by atoms with Crippen molar-refractivity contribution in [2.45, 2.75) is 30.8 Å². The van der Waals surface area contributed by atoms with E-state index in [2.05, 4.69) is 183 Å². The number of hydrogen-bond acceptors (Lipinski definition) is 3. The maximum absolute atomic E-state index is 5.13. The molecule has 0 amide bonds. The molecule has 8 aromatic carbocycles. The highest BCUT2D eigenvalue weighted by Gasteiger charge is 2.53. The second kappa shape index (κ2) is 13.2. The fraction of sp³-hybridized carbons (Fsp3) is 0.0909. The Bertz CT molecular complexity index is 2890. The summed E-state index contributed by atoms with van der Waals surface area (Å²) in [7, 11) is 0. The average Bonchev–Trinajstić information content (AvgIpc) is 3.60. The van der Waals surface area contributed by atoms with E-state index in [-0.39, 0.29) is 11.6 Å². The third-order valence-corrected chi connectivity index (χ3v) is 12.6. The van der Waals surface area contributed by atoms with Crippen molar-refractivity contribution in [1.29, 1.82) is 0 Å². The summed E-state index contributed by atoms with van der Waals surface area (Å²) in [5.74, 6) is 1.62. The summed E-state index contributed by atoms with van der Waals surface area (Å²) < 4.78 is 0. The van der Waals surface area contributed by atoms with Crippen molar-refractivity contribution in [3.63, 3.8) is 0 Å². The molecule has 1 spiro atoms. The van der Waals surface area contributed by atoms with Crippen LogP contribution in [0.2, 0.25) is 0 Å². The highest BCUT2D eigenvalue weighted by Crippen LogP contribution is 2.63. The molecule has 2 aliphatic carbocycles. The van der Waals surface area contributed by atoms with E-state index in [0.29, 0.717) is 0 Å². The molecule has 1 N–H and O–H groups in total. The molecule has 1 atom stereocenters. The molecule has 0 aromatic heterocycles. The minimum absolute atomic E-state index is 0.123. The number of fused-ring (bicyclic) bond motifs is 9. The maximum atomic E-state index is 5.13. The Hall–Kier alpha value is -7.10. The molecule has 3 nitrogen and oxygen atoms in total. The van der Waals surface area contributed by atoms with E-state index in [1.807, 2.05) is 36.4 Å². The standard InChI is InChI=1S/C55H41N3/c1-54(2)45-26-11-13-28-47(45)55(48-29-14-12-27-46(48)54)44-25-10-9-23-43(44)50-42(24-16-30-49(50)55)37-33-31-36(32-34-37)40-21-15-22-41(35-40)53-57-51(38-17-5-3-6-18-38)56-52(58-53)39-19-7-4-8-20-39/h3-35,51H,1-2H3,(H,56,57,58). The van der Waals surface area contributed by atoms with E-state index in [1.165, 1.54) is 55.6 Å². The monoisotopic (exact) mass is 743 g/mol. The Morgan fingerprint density at radius 3 is 1.55 bits per heavy atom. The first-order valence-electron chi connectivity index (χ1n) is 20.2. The lowest BCUT2D eigenvalue weighted by Gasteiger charge is -2.46. The Morgan fingerprint density at radius 1 is 0.379 bits per heavy atom. The van der Waals surface area contributed by atoms with Gasteiger partial charge in [-0.05, 0) is 78.4 Å². The summed E-state index contributed by atoms with van der Waals surface area (Å²) in [6.45, 7) is 4.76. The third kappa shape index (κ3) is 5.13. The molecule has 0 saturated heterocycles. The molecule has 11 rings (SSSR count). The van der Waals surface area contributed by atoms with E-state index in [0.717, 1.165) is 39.5 Å². The molecule has 8 aromatic rings. The molecule has 0 fully saturated rings. The predicted molar refractivity (Wildman–Crippen MR) is 239 cm³/mol. The quantitative estimate of drug-likeness (QED) is 0.187. The molecule has 0 bridgehead atoms. The molecule has 1 unspecified atom stereocenters. The minimum Gasteiger partial charge on any atom is -0.324 e. The van der Waals surface area contributed by atoms with Gasteiger partial charge in [0.05, 0.1) is 5.41 Å². The summed E-state index contributed by atoms with van der Waals surface area (Å²) in [6.07, 6.45) is -0.338. The van der Waals surface area contributed by atoms with Crippen LogP contribution in [0, 0.1) is 0 Å². The number of amidine groups is 2. The summed E-state index contributed by atoms with van der Waals surface area (Å²) in [5, 5.41) is 3.57. The van der Waals surface area contributed by atoms with Gasteiger partial charge in [-0.2, -0.15) is 0 Å². The zero-order chi connectivity index (χ0) is 38.8. The van der Waals surface area contributed by atoms with Crippen LogP contribution in [-0.2, 0) is 10.8 Å². The van der Waals surface area contributed by atoms with Crippen molar-refractivity contribution in [1.82, 2.24) is 5.32 Å². The highest BCUT2D eigenvalue weighted by molar-refractivity contribution is 6.16. The Labute approximate surface area is 340 Å². The van der Waals surface area contributed by atoms with Gasteiger partial charge in [-0.15, -0.1) is 0 Å². The van der Waals surface area contributed by atoms with Crippen LogP contribution in [0.4, 0.5) is 0 Å². The first kappa shape index (κ1) is 34.2. The van der Waals surface area contributed by atoms with Crippen molar-refractivity contribution < 1.29 is 0 Å². The van der Waals surface area contributed by atoms with Gasteiger partial charge in [-0.3, -0.25) is 0 Å². The van der Waals surface area contributed by atoms with Gasteiger partial charge < -0.3 is 5.32 Å². The number of nitrogens with one attached hydrogen (secondary N) is 1. The normalized spacial score (nSPS) is 16.6. The molecule has 0 saturated carbocycles. The molecule has 276 valence electrons. The second-order valence-electron chi connectivity index (χ2n) is 16.1. The van der Waals surface area contributed by atoms with E-state index in [4.69, 9.17) is 9.98 Å². The molecular formula is C55H41N3. The summed E-state index contributed by atoms with van der Waals surface area (Å²) in [5.41, 5.74) is 18.2. The number of hydrogen-bond donors (Lipinski definition) is 1. The minimum atomic E-state index is -0.411. The Kier molecular flexibility index (Phi) is 7.81. The van der Waals surface area contributed by atoms with Gasteiger partial charge >= 0.3 is 0 Å². The lowest BCUT2D eigenvalue weighted by Crippen LogP contribution is -2.40. The third-order valence-electron chi connectivity index (χ3n) is 12.6. The largest absolute Gasteiger partial charge is 0.324 e. The Morgan fingerprint density at radius 2 is 0.862 bits per heavy atom. The van der Waals surface area contributed by atoms with Crippen LogP contribution in [-0.4, -0.2) is 11.7 Å². The lowest BCUT2D eigenvalue weighted by atomic mass is 9.55. The lowest BCUT2D eigenvalue weighted by molar-refractivity contribution is 0.563. The number of benzene rings is 8.